The number of hydrogen-bond donors (Lipinski definition) is 2. The molecule has 0 heterocycles. The maximum Gasteiger partial charge on any atom is 0.335 e. The van der Waals surface area contributed by atoms with E-state index >= 15 is 0 Å². The van der Waals surface area contributed by atoms with Crippen molar-refractivity contribution in [1.82, 2.24) is 0 Å². The minimum absolute atomic E-state index is 0.297. The number of aliphatic hydroxyl groups excluding tert-OH is 1. The van der Waals surface area contributed by atoms with Crippen molar-refractivity contribution in [3.05, 3.63) is 0 Å². The molecule has 1 aliphatic carbocycles. The SMILES string of the molecule is CCOC(=O)C(O)C1(CN)CCC(C(C)C)CC1. The summed E-state index contributed by atoms with van der Waals surface area (Å²) in [6.07, 6.45) is 2.62. The van der Waals surface area contributed by atoms with Crippen LogP contribution in [0.5, 0.6) is 0 Å². The topological polar surface area (TPSA) is 72.5 Å². The second-order valence-corrected chi connectivity index (χ2v) is 5.80. The minimum atomic E-state index is -1.07. The Hall–Kier alpha value is -0.610. The molecule has 1 unspecified atom stereocenters. The Balaban J connectivity index is 2.68. The first-order valence-electron chi connectivity index (χ1n) is 7.01. The second kappa shape index (κ2) is 6.53. The van der Waals surface area contributed by atoms with E-state index in [2.05, 4.69) is 13.8 Å². The Bertz CT molecular complexity index is 270. The number of nitrogens with two attached hydrogens (primary N) is 1. The average molecular weight is 257 g/mol. The van der Waals surface area contributed by atoms with Crippen molar-refractivity contribution >= 4 is 5.97 Å². The van der Waals surface area contributed by atoms with Crippen LogP contribution in [0, 0.1) is 17.3 Å². The molecule has 1 aliphatic rings. The zero-order valence-corrected chi connectivity index (χ0v) is 11.8. The lowest BCUT2D eigenvalue weighted by molar-refractivity contribution is -0.163. The normalized spacial score (nSPS) is 30.2. The summed E-state index contributed by atoms with van der Waals surface area (Å²) in [6.45, 7) is 6.84. The van der Waals surface area contributed by atoms with Crippen molar-refractivity contribution < 1.29 is 14.6 Å². The Morgan fingerprint density at radius 1 is 1.44 bits per heavy atom. The van der Waals surface area contributed by atoms with E-state index in [-0.39, 0.29) is 0 Å². The number of esters is 1. The van der Waals surface area contributed by atoms with Gasteiger partial charge in [-0.2, -0.15) is 0 Å². The summed E-state index contributed by atoms with van der Waals surface area (Å²) in [4.78, 5) is 11.7. The third kappa shape index (κ3) is 3.23. The van der Waals surface area contributed by atoms with Crippen molar-refractivity contribution in [3.63, 3.8) is 0 Å². The Labute approximate surface area is 110 Å². The monoisotopic (exact) mass is 257 g/mol. The molecule has 0 aromatic carbocycles. The van der Waals surface area contributed by atoms with Gasteiger partial charge in [-0.3, -0.25) is 0 Å². The van der Waals surface area contributed by atoms with E-state index in [0.717, 1.165) is 25.7 Å². The van der Waals surface area contributed by atoms with Crippen LogP contribution in [0.4, 0.5) is 0 Å². The summed E-state index contributed by atoms with van der Waals surface area (Å²) in [5.41, 5.74) is 5.35. The van der Waals surface area contributed by atoms with Gasteiger partial charge in [-0.15, -0.1) is 0 Å². The predicted octanol–water partition coefficient (Wildman–Crippen LogP) is 1.70. The second-order valence-electron chi connectivity index (χ2n) is 5.80. The molecule has 0 spiro atoms. The van der Waals surface area contributed by atoms with E-state index in [9.17, 15) is 9.90 Å². The van der Waals surface area contributed by atoms with Crippen LogP contribution in [-0.4, -0.2) is 30.3 Å². The molecular formula is C14H27NO3. The van der Waals surface area contributed by atoms with Gasteiger partial charge in [0, 0.05) is 12.0 Å². The minimum Gasteiger partial charge on any atom is -0.464 e. The molecule has 106 valence electrons. The summed E-state index contributed by atoms with van der Waals surface area (Å²) in [7, 11) is 0. The highest BCUT2D eigenvalue weighted by Crippen LogP contribution is 2.43. The standard InChI is InChI=1S/C14H27NO3/c1-4-18-13(17)12(16)14(9-15)7-5-11(6-8-14)10(2)3/h10-12,16H,4-9,15H2,1-3H3. The highest BCUT2D eigenvalue weighted by atomic mass is 16.5. The first-order chi connectivity index (χ1) is 8.46. The van der Waals surface area contributed by atoms with Gasteiger partial charge in [-0.25, -0.2) is 4.79 Å². The summed E-state index contributed by atoms with van der Waals surface area (Å²) in [5.74, 6) is 0.811. The quantitative estimate of drug-likeness (QED) is 0.735. The smallest absolute Gasteiger partial charge is 0.335 e. The van der Waals surface area contributed by atoms with E-state index in [1.165, 1.54) is 0 Å². The van der Waals surface area contributed by atoms with Crippen LogP contribution in [0.2, 0.25) is 0 Å². The van der Waals surface area contributed by atoms with E-state index in [1.807, 2.05) is 0 Å². The van der Waals surface area contributed by atoms with Gasteiger partial charge < -0.3 is 15.6 Å². The summed E-state index contributed by atoms with van der Waals surface area (Å²) >= 11 is 0. The maximum atomic E-state index is 11.7. The lowest BCUT2D eigenvalue weighted by atomic mass is 9.65. The first kappa shape index (κ1) is 15.4. The third-order valence-corrected chi connectivity index (χ3v) is 4.47. The Kier molecular flexibility index (Phi) is 5.60. The number of carbonyl (C=O) groups is 1. The lowest BCUT2D eigenvalue weighted by Gasteiger charge is -2.42. The van der Waals surface area contributed by atoms with Crippen molar-refractivity contribution in [3.8, 4) is 0 Å². The zero-order valence-electron chi connectivity index (χ0n) is 11.8. The van der Waals surface area contributed by atoms with Crippen molar-refractivity contribution in [2.24, 2.45) is 23.0 Å². The molecule has 1 rings (SSSR count). The van der Waals surface area contributed by atoms with Crippen LogP contribution in [0.3, 0.4) is 0 Å². The highest BCUT2D eigenvalue weighted by molar-refractivity contribution is 5.75. The van der Waals surface area contributed by atoms with Gasteiger partial charge in [0.2, 0.25) is 0 Å². The van der Waals surface area contributed by atoms with Crippen molar-refractivity contribution in [1.29, 1.82) is 0 Å². The number of ether oxygens (including phenoxy) is 1. The van der Waals surface area contributed by atoms with Crippen LogP contribution in [0.15, 0.2) is 0 Å². The fraction of sp³-hybridized carbons (Fsp3) is 0.929. The lowest BCUT2D eigenvalue weighted by Crippen LogP contribution is -2.49. The van der Waals surface area contributed by atoms with Crippen LogP contribution < -0.4 is 5.73 Å². The predicted molar refractivity (Wildman–Crippen MR) is 70.9 cm³/mol. The third-order valence-electron chi connectivity index (χ3n) is 4.47. The molecule has 18 heavy (non-hydrogen) atoms. The molecule has 1 atom stereocenters. The average Bonchev–Trinajstić information content (AvgIpc) is 2.38. The van der Waals surface area contributed by atoms with Crippen LogP contribution in [0.25, 0.3) is 0 Å². The summed E-state index contributed by atoms with van der Waals surface area (Å²) in [5, 5.41) is 10.2. The zero-order chi connectivity index (χ0) is 13.8. The molecular weight excluding hydrogens is 230 g/mol. The molecule has 0 aliphatic heterocycles. The molecule has 4 heteroatoms. The van der Waals surface area contributed by atoms with Gasteiger partial charge in [-0.1, -0.05) is 13.8 Å². The Morgan fingerprint density at radius 3 is 2.39 bits per heavy atom. The van der Waals surface area contributed by atoms with Crippen LogP contribution in [-0.2, 0) is 9.53 Å². The number of aliphatic hydroxyl groups is 1. The molecule has 0 saturated heterocycles. The molecule has 0 aromatic heterocycles. The number of carbonyl (C=O) groups excluding carboxylic acids is 1. The van der Waals surface area contributed by atoms with Crippen LogP contribution in [0.1, 0.15) is 46.5 Å². The number of hydrogen-bond acceptors (Lipinski definition) is 4. The summed E-state index contributed by atoms with van der Waals surface area (Å²) in [6, 6.07) is 0. The van der Waals surface area contributed by atoms with Gasteiger partial charge in [0.1, 0.15) is 0 Å². The molecule has 0 aromatic rings. The maximum absolute atomic E-state index is 11.7. The molecule has 0 radical (unpaired) electrons. The van der Waals surface area contributed by atoms with Gasteiger partial charge in [0.25, 0.3) is 0 Å². The largest absolute Gasteiger partial charge is 0.464 e. The Morgan fingerprint density at radius 2 is 2.00 bits per heavy atom. The van der Waals surface area contributed by atoms with Gasteiger partial charge >= 0.3 is 5.97 Å². The fourth-order valence-corrected chi connectivity index (χ4v) is 2.94. The van der Waals surface area contributed by atoms with Crippen molar-refractivity contribution in [2.75, 3.05) is 13.2 Å². The summed E-state index contributed by atoms with van der Waals surface area (Å²) < 4.78 is 4.91. The van der Waals surface area contributed by atoms with Gasteiger partial charge in [0.15, 0.2) is 6.10 Å². The van der Waals surface area contributed by atoms with E-state index < -0.39 is 17.5 Å². The molecule has 3 N–H and O–H groups in total. The van der Waals surface area contributed by atoms with E-state index in [1.54, 1.807) is 6.92 Å². The van der Waals surface area contributed by atoms with Crippen molar-refractivity contribution in [2.45, 2.75) is 52.6 Å². The van der Waals surface area contributed by atoms with Crippen LogP contribution >= 0.6 is 0 Å². The number of rotatable bonds is 5. The highest BCUT2D eigenvalue weighted by Gasteiger charge is 2.44. The van der Waals surface area contributed by atoms with Gasteiger partial charge in [0.05, 0.1) is 6.61 Å². The molecule has 4 nitrogen and oxygen atoms in total. The first-order valence-corrected chi connectivity index (χ1v) is 7.01. The van der Waals surface area contributed by atoms with E-state index in [4.69, 9.17) is 10.5 Å². The van der Waals surface area contributed by atoms with Gasteiger partial charge in [-0.05, 0) is 44.4 Å². The molecule has 0 bridgehead atoms. The fourth-order valence-electron chi connectivity index (χ4n) is 2.94. The molecule has 1 saturated carbocycles. The molecule has 1 fully saturated rings. The molecule has 0 amide bonds. The van der Waals surface area contributed by atoms with E-state index in [0.29, 0.717) is 25.0 Å².